The molecule has 0 unspecified atom stereocenters. The van der Waals surface area contributed by atoms with Gasteiger partial charge in [-0.25, -0.2) is 0 Å². The highest BCUT2D eigenvalue weighted by Crippen LogP contribution is 2.49. The highest BCUT2D eigenvalue weighted by Gasteiger charge is 2.19. The molecule has 0 aromatic heterocycles. The molecule has 0 N–H and O–H groups in total. The Kier molecular flexibility index (Phi) is 15.0. The van der Waals surface area contributed by atoms with Gasteiger partial charge in [0.25, 0.3) is 0 Å². The van der Waals surface area contributed by atoms with Crippen LogP contribution < -0.4 is 0 Å². The van der Waals surface area contributed by atoms with Gasteiger partial charge in [0.05, 0.1) is 0 Å². The summed E-state index contributed by atoms with van der Waals surface area (Å²) in [7, 11) is 0. The summed E-state index contributed by atoms with van der Waals surface area (Å²) in [5.74, 6) is 0. The van der Waals surface area contributed by atoms with Crippen LogP contribution in [0.2, 0.25) is 0 Å². The predicted octanol–water partition coefficient (Wildman–Crippen LogP) is 15.1. The van der Waals surface area contributed by atoms with Crippen molar-refractivity contribution >= 4 is 159 Å². The molecule has 4 aromatic rings. The van der Waals surface area contributed by atoms with Crippen molar-refractivity contribution < 1.29 is 0 Å². The van der Waals surface area contributed by atoms with Crippen molar-refractivity contribution in [2.24, 2.45) is 0 Å². The van der Waals surface area contributed by atoms with Crippen molar-refractivity contribution in [1.82, 2.24) is 0 Å². The number of benzene rings is 4. The van der Waals surface area contributed by atoms with E-state index in [9.17, 15) is 0 Å². The largest absolute Gasteiger partial charge is 0.106 e. The van der Waals surface area contributed by atoms with Crippen molar-refractivity contribution in [1.29, 1.82) is 0 Å². The van der Waals surface area contributed by atoms with E-state index < -0.39 is 0 Å². The Morgan fingerprint density at radius 1 is 0.306 bits per heavy atom. The standard InChI is InChI=1S/2C12H5Br5.C2H4/c2*13-8-7(6-4-2-1-3-5-6)9(14)11(16)12(17)10(8)15;1-2/h2*1-5H;1-2H2. The van der Waals surface area contributed by atoms with Gasteiger partial charge in [0, 0.05) is 55.9 Å². The minimum absolute atomic E-state index is 0.982. The normalized spacial score (nSPS) is 10.2. The first-order chi connectivity index (χ1) is 17.1. The molecule has 4 aromatic carbocycles. The Hall–Kier alpha value is 1.42. The first-order valence-corrected chi connectivity index (χ1v) is 17.6. The number of hydrogen-bond acceptors (Lipinski definition) is 0. The molecule has 0 atom stereocenters. The van der Waals surface area contributed by atoms with Crippen molar-refractivity contribution in [3.05, 3.63) is 119 Å². The van der Waals surface area contributed by atoms with Crippen LogP contribution >= 0.6 is 159 Å². The number of halogens is 10. The average molecular weight is 1130 g/mol. The van der Waals surface area contributed by atoms with Crippen LogP contribution in [0.25, 0.3) is 22.3 Å². The molecule has 0 heterocycles. The molecule has 0 radical (unpaired) electrons. The van der Waals surface area contributed by atoms with Gasteiger partial charge in [-0.15, -0.1) is 13.2 Å². The fourth-order valence-corrected chi connectivity index (χ4v) is 9.94. The van der Waals surface area contributed by atoms with Gasteiger partial charge in [0.2, 0.25) is 0 Å². The second-order valence-corrected chi connectivity index (χ2v) is 14.6. The lowest BCUT2D eigenvalue weighted by atomic mass is 10.1. The van der Waals surface area contributed by atoms with Crippen molar-refractivity contribution in [2.75, 3.05) is 0 Å². The Morgan fingerprint density at radius 3 is 0.722 bits per heavy atom. The quantitative estimate of drug-likeness (QED) is 0.107. The fourth-order valence-electron chi connectivity index (χ4n) is 2.93. The molecule has 10 heteroatoms. The van der Waals surface area contributed by atoms with Crippen molar-refractivity contribution in [3.8, 4) is 22.3 Å². The molecule has 0 amide bonds. The number of hydrogen-bond donors (Lipinski definition) is 0. The molecule has 0 fully saturated rings. The third-order valence-corrected chi connectivity index (χ3v) is 16.7. The molecule has 36 heavy (non-hydrogen) atoms. The second-order valence-electron chi connectivity index (χ2n) is 6.62. The molecular formula is C26H14Br10. The number of rotatable bonds is 2. The summed E-state index contributed by atoms with van der Waals surface area (Å²) >= 11 is 35.8. The van der Waals surface area contributed by atoms with E-state index in [1.54, 1.807) is 0 Å². The summed E-state index contributed by atoms with van der Waals surface area (Å²) in [5.41, 5.74) is 4.54. The van der Waals surface area contributed by atoms with Gasteiger partial charge >= 0.3 is 0 Å². The van der Waals surface area contributed by atoms with Gasteiger partial charge in [-0.3, -0.25) is 0 Å². The molecule has 0 saturated carbocycles. The highest BCUT2D eigenvalue weighted by atomic mass is 79.9. The SMILES string of the molecule is Brc1c(Br)c(Br)c(-c2ccccc2)c(Br)c1Br.Brc1c(Br)c(Br)c(-c2ccccc2)c(Br)c1Br.C=C. The Morgan fingerprint density at radius 2 is 0.500 bits per heavy atom. The summed E-state index contributed by atoms with van der Waals surface area (Å²) in [5, 5.41) is 0. The maximum atomic E-state index is 3.63. The zero-order valence-corrected chi connectivity index (χ0v) is 33.8. The highest BCUT2D eigenvalue weighted by molar-refractivity contribution is 9.16. The van der Waals surface area contributed by atoms with Crippen LogP contribution in [0.5, 0.6) is 0 Å². The third-order valence-electron chi connectivity index (χ3n) is 4.54. The monoisotopic (exact) mass is 1120 g/mol. The zero-order valence-electron chi connectivity index (χ0n) is 18.0. The van der Waals surface area contributed by atoms with Crippen molar-refractivity contribution in [3.63, 3.8) is 0 Å². The van der Waals surface area contributed by atoms with Gasteiger partial charge in [0.15, 0.2) is 0 Å². The summed E-state index contributed by atoms with van der Waals surface area (Å²) in [6.07, 6.45) is 0. The third kappa shape index (κ3) is 7.78. The van der Waals surface area contributed by atoms with Crippen LogP contribution in [0.15, 0.2) is 119 Å². The smallest absolute Gasteiger partial charge is 0.0482 e. The molecule has 0 aliphatic rings. The van der Waals surface area contributed by atoms with Crippen LogP contribution in [0.3, 0.4) is 0 Å². The van der Waals surface area contributed by atoms with E-state index in [4.69, 9.17) is 0 Å². The summed E-state index contributed by atoms with van der Waals surface area (Å²) in [6.45, 7) is 6.00. The molecule has 4 rings (SSSR count). The van der Waals surface area contributed by atoms with E-state index in [1.165, 1.54) is 0 Å². The maximum absolute atomic E-state index is 3.63. The Balaban J connectivity index is 0.000000237. The lowest BCUT2D eigenvalue weighted by molar-refractivity contribution is 1.44. The van der Waals surface area contributed by atoms with Crippen LogP contribution in [-0.4, -0.2) is 0 Å². The summed E-state index contributed by atoms with van der Waals surface area (Å²) < 4.78 is 10.0. The van der Waals surface area contributed by atoms with E-state index in [0.717, 1.165) is 67.0 Å². The van der Waals surface area contributed by atoms with Gasteiger partial charge in [-0.1, -0.05) is 60.7 Å². The topological polar surface area (TPSA) is 0 Å². The Bertz CT molecular complexity index is 1190. The van der Waals surface area contributed by atoms with Crippen LogP contribution in [-0.2, 0) is 0 Å². The lowest BCUT2D eigenvalue weighted by Crippen LogP contribution is -1.87. The van der Waals surface area contributed by atoms with Gasteiger partial charge in [-0.05, 0) is 170 Å². The summed E-state index contributed by atoms with van der Waals surface area (Å²) in [4.78, 5) is 0. The molecule has 0 aliphatic carbocycles. The maximum Gasteiger partial charge on any atom is 0.0482 e. The van der Waals surface area contributed by atoms with Crippen LogP contribution in [0, 0.1) is 0 Å². The van der Waals surface area contributed by atoms with Gasteiger partial charge in [0.1, 0.15) is 0 Å². The first-order valence-electron chi connectivity index (χ1n) is 9.71. The lowest BCUT2D eigenvalue weighted by Gasteiger charge is -2.13. The molecule has 0 spiro atoms. The second kappa shape index (κ2) is 16.0. The van der Waals surface area contributed by atoms with E-state index >= 15 is 0 Å². The van der Waals surface area contributed by atoms with Gasteiger partial charge in [-0.2, -0.15) is 0 Å². The van der Waals surface area contributed by atoms with E-state index in [-0.39, 0.29) is 0 Å². The minimum atomic E-state index is 0.982. The first kappa shape index (κ1) is 33.6. The van der Waals surface area contributed by atoms with E-state index in [1.807, 2.05) is 36.4 Å². The molecule has 0 saturated heterocycles. The minimum Gasteiger partial charge on any atom is -0.106 e. The molecule has 188 valence electrons. The van der Waals surface area contributed by atoms with Crippen molar-refractivity contribution in [2.45, 2.75) is 0 Å². The molecule has 0 bridgehead atoms. The van der Waals surface area contributed by atoms with Gasteiger partial charge < -0.3 is 0 Å². The Labute approximate surface area is 295 Å². The van der Waals surface area contributed by atoms with Crippen LogP contribution in [0.4, 0.5) is 0 Å². The molecule has 0 aliphatic heterocycles. The molecular weight excluding hydrogens is 1110 g/mol. The molecule has 0 nitrogen and oxygen atoms in total. The fraction of sp³-hybridized carbons (Fsp3) is 0. The summed E-state index contributed by atoms with van der Waals surface area (Å²) in [6, 6.07) is 20.4. The van der Waals surface area contributed by atoms with E-state index in [0.29, 0.717) is 0 Å². The van der Waals surface area contributed by atoms with Crippen LogP contribution in [0.1, 0.15) is 0 Å². The zero-order chi connectivity index (χ0) is 27.2. The average Bonchev–Trinajstić information content (AvgIpc) is 2.91. The predicted molar refractivity (Wildman–Crippen MR) is 192 cm³/mol. The van der Waals surface area contributed by atoms with E-state index in [2.05, 4.69) is 197 Å².